The van der Waals surface area contributed by atoms with E-state index in [1.807, 2.05) is 0 Å². The van der Waals surface area contributed by atoms with Crippen LogP contribution in [-0.4, -0.2) is 36.9 Å². The number of carbonyl (C=O) groups is 2. The van der Waals surface area contributed by atoms with E-state index < -0.39 is 11.9 Å². The zero-order chi connectivity index (χ0) is 17.8. The molecule has 0 aliphatic heterocycles. The molecule has 0 radical (unpaired) electrons. The van der Waals surface area contributed by atoms with Crippen molar-refractivity contribution in [3.63, 3.8) is 0 Å². The fraction of sp³-hybridized carbons (Fsp3) is 0.895. The minimum atomic E-state index is -0.802. The van der Waals surface area contributed by atoms with Gasteiger partial charge in [-0.2, -0.15) is 0 Å². The van der Waals surface area contributed by atoms with Crippen LogP contribution in [0, 0.1) is 17.8 Å². The molecule has 1 aliphatic carbocycles. The number of aliphatic carboxylic acids is 1. The zero-order valence-electron chi connectivity index (χ0n) is 15.3. The molecule has 1 rings (SSSR count). The summed E-state index contributed by atoms with van der Waals surface area (Å²) >= 11 is 0. The third-order valence-electron chi connectivity index (χ3n) is 4.65. The largest absolute Gasteiger partial charge is 0.481 e. The number of carboxylic acid groups (broad SMARTS) is 1. The number of ether oxygens (including phenoxy) is 2. The van der Waals surface area contributed by atoms with Crippen LogP contribution in [0.15, 0.2) is 0 Å². The summed E-state index contributed by atoms with van der Waals surface area (Å²) in [6.45, 7) is 5.90. The molecular formula is C19H34O5. The average Bonchev–Trinajstić information content (AvgIpc) is 2.56. The Morgan fingerprint density at radius 3 is 2.42 bits per heavy atom. The van der Waals surface area contributed by atoms with Crippen LogP contribution in [0.1, 0.15) is 71.6 Å². The standard InChI is InChI=1S/C19H34O5/c1-15(2)8-5-3-4-6-11-23-12-13-24-19(22)17-10-7-9-16(14-17)18(20)21/h15-17H,3-14H2,1-2H3,(H,20,21). The molecule has 0 spiro atoms. The Labute approximate surface area is 146 Å². The molecule has 0 aromatic heterocycles. The van der Waals surface area contributed by atoms with Crippen molar-refractivity contribution in [2.45, 2.75) is 71.6 Å². The molecule has 140 valence electrons. The first kappa shape index (κ1) is 20.9. The Morgan fingerprint density at radius 2 is 1.71 bits per heavy atom. The predicted molar refractivity (Wildman–Crippen MR) is 92.8 cm³/mol. The van der Waals surface area contributed by atoms with Crippen LogP contribution in [0.5, 0.6) is 0 Å². The smallest absolute Gasteiger partial charge is 0.309 e. The second-order valence-corrected chi connectivity index (χ2v) is 7.28. The van der Waals surface area contributed by atoms with Crippen LogP contribution in [0.25, 0.3) is 0 Å². The number of esters is 1. The van der Waals surface area contributed by atoms with Crippen LogP contribution < -0.4 is 0 Å². The van der Waals surface area contributed by atoms with Gasteiger partial charge in [0, 0.05) is 6.61 Å². The highest BCUT2D eigenvalue weighted by molar-refractivity contribution is 5.75. The van der Waals surface area contributed by atoms with Gasteiger partial charge in [0.25, 0.3) is 0 Å². The normalized spacial score (nSPS) is 21.0. The van der Waals surface area contributed by atoms with Gasteiger partial charge in [-0.3, -0.25) is 9.59 Å². The second kappa shape index (κ2) is 12.3. The molecule has 1 saturated carbocycles. The first-order valence-electron chi connectivity index (χ1n) is 9.48. The third kappa shape index (κ3) is 9.26. The summed E-state index contributed by atoms with van der Waals surface area (Å²) < 4.78 is 10.7. The molecule has 0 bridgehead atoms. The molecule has 5 nitrogen and oxygen atoms in total. The molecule has 0 amide bonds. The van der Waals surface area contributed by atoms with Gasteiger partial charge in [0.1, 0.15) is 6.61 Å². The van der Waals surface area contributed by atoms with Crippen molar-refractivity contribution in [2.24, 2.45) is 17.8 Å². The van der Waals surface area contributed by atoms with E-state index in [4.69, 9.17) is 14.6 Å². The van der Waals surface area contributed by atoms with E-state index >= 15 is 0 Å². The van der Waals surface area contributed by atoms with Crippen molar-refractivity contribution in [2.75, 3.05) is 19.8 Å². The van der Waals surface area contributed by atoms with Crippen molar-refractivity contribution in [3.05, 3.63) is 0 Å². The van der Waals surface area contributed by atoms with Gasteiger partial charge in [0.15, 0.2) is 0 Å². The van der Waals surface area contributed by atoms with Crippen molar-refractivity contribution >= 4 is 11.9 Å². The van der Waals surface area contributed by atoms with Crippen LogP contribution in [-0.2, 0) is 19.1 Å². The summed E-state index contributed by atoms with van der Waals surface area (Å²) in [6, 6.07) is 0. The quantitative estimate of drug-likeness (QED) is 0.428. The Kier molecular flexibility index (Phi) is 10.7. The fourth-order valence-corrected chi connectivity index (χ4v) is 3.16. The highest BCUT2D eigenvalue weighted by Crippen LogP contribution is 2.30. The minimum Gasteiger partial charge on any atom is -0.481 e. The van der Waals surface area contributed by atoms with E-state index in [9.17, 15) is 9.59 Å². The number of carboxylic acids is 1. The Hall–Kier alpha value is -1.10. The first-order valence-corrected chi connectivity index (χ1v) is 9.48. The van der Waals surface area contributed by atoms with E-state index in [0.717, 1.165) is 25.2 Å². The van der Waals surface area contributed by atoms with Crippen LogP contribution in [0.3, 0.4) is 0 Å². The van der Waals surface area contributed by atoms with Gasteiger partial charge in [-0.15, -0.1) is 0 Å². The lowest BCUT2D eigenvalue weighted by Gasteiger charge is -2.24. The molecule has 2 atom stereocenters. The highest BCUT2D eigenvalue weighted by atomic mass is 16.6. The summed E-state index contributed by atoms with van der Waals surface area (Å²) in [4.78, 5) is 23.0. The van der Waals surface area contributed by atoms with Crippen LogP contribution in [0.4, 0.5) is 0 Å². The van der Waals surface area contributed by atoms with E-state index in [1.165, 1.54) is 25.7 Å². The molecule has 0 heterocycles. The van der Waals surface area contributed by atoms with E-state index in [-0.39, 0.29) is 18.5 Å². The van der Waals surface area contributed by atoms with Crippen molar-refractivity contribution in [1.82, 2.24) is 0 Å². The van der Waals surface area contributed by atoms with Gasteiger partial charge in [-0.05, 0) is 31.6 Å². The fourth-order valence-electron chi connectivity index (χ4n) is 3.16. The molecule has 5 heteroatoms. The summed E-state index contributed by atoms with van der Waals surface area (Å²) in [5, 5.41) is 9.04. The summed E-state index contributed by atoms with van der Waals surface area (Å²) in [7, 11) is 0. The Bertz CT molecular complexity index is 367. The average molecular weight is 342 g/mol. The number of carbonyl (C=O) groups excluding carboxylic acids is 1. The van der Waals surface area contributed by atoms with Crippen molar-refractivity contribution in [1.29, 1.82) is 0 Å². The van der Waals surface area contributed by atoms with Gasteiger partial charge in [-0.25, -0.2) is 0 Å². The summed E-state index contributed by atoms with van der Waals surface area (Å²) in [6.07, 6.45) is 8.66. The van der Waals surface area contributed by atoms with Gasteiger partial charge in [0.2, 0.25) is 0 Å². The molecule has 0 saturated heterocycles. The molecule has 2 unspecified atom stereocenters. The van der Waals surface area contributed by atoms with Crippen molar-refractivity contribution in [3.8, 4) is 0 Å². The maximum atomic E-state index is 12.0. The van der Waals surface area contributed by atoms with Gasteiger partial charge in [-0.1, -0.05) is 46.0 Å². The summed E-state index contributed by atoms with van der Waals surface area (Å²) in [5.74, 6) is -0.947. The van der Waals surface area contributed by atoms with E-state index in [2.05, 4.69) is 13.8 Å². The number of rotatable bonds is 12. The summed E-state index contributed by atoms with van der Waals surface area (Å²) in [5.41, 5.74) is 0. The van der Waals surface area contributed by atoms with Gasteiger partial charge < -0.3 is 14.6 Å². The first-order chi connectivity index (χ1) is 11.5. The molecule has 1 fully saturated rings. The number of unbranched alkanes of at least 4 members (excludes halogenated alkanes) is 3. The number of hydrogen-bond donors (Lipinski definition) is 1. The molecule has 1 aliphatic rings. The molecular weight excluding hydrogens is 308 g/mol. The lowest BCUT2D eigenvalue weighted by molar-refractivity contribution is -0.153. The molecule has 1 N–H and O–H groups in total. The van der Waals surface area contributed by atoms with E-state index in [0.29, 0.717) is 26.1 Å². The maximum absolute atomic E-state index is 12.0. The third-order valence-corrected chi connectivity index (χ3v) is 4.65. The second-order valence-electron chi connectivity index (χ2n) is 7.28. The lowest BCUT2D eigenvalue weighted by atomic mass is 9.81. The number of hydrogen-bond acceptors (Lipinski definition) is 4. The lowest BCUT2D eigenvalue weighted by Crippen LogP contribution is -2.29. The minimum absolute atomic E-state index is 0.263. The molecule has 0 aromatic rings. The molecule has 0 aromatic carbocycles. The van der Waals surface area contributed by atoms with E-state index in [1.54, 1.807) is 0 Å². The predicted octanol–water partition coefficient (Wildman–Crippen LogP) is 4.04. The maximum Gasteiger partial charge on any atom is 0.309 e. The van der Waals surface area contributed by atoms with Crippen LogP contribution in [0.2, 0.25) is 0 Å². The van der Waals surface area contributed by atoms with Gasteiger partial charge >= 0.3 is 11.9 Å². The van der Waals surface area contributed by atoms with Crippen LogP contribution >= 0.6 is 0 Å². The monoisotopic (exact) mass is 342 g/mol. The zero-order valence-corrected chi connectivity index (χ0v) is 15.3. The highest BCUT2D eigenvalue weighted by Gasteiger charge is 2.31. The SMILES string of the molecule is CC(C)CCCCCCOCCOC(=O)C1CCCC(C(=O)O)C1. The topological polar surface area (TPSA) is 72.8 Å². The van der Waals surface area contributed by atoms with Gasteiger partial charge in [0.05, 0.1) is 18.4 Å². The Morgan fingerprint density at radius 1 is 1.00 bits per heavy atom. The Balaban J connectivity index is 1.97. The van der Waals surface area contributed by atoms with Crippen molar-refractivity contribution < 1.29 is 24.2 Å². The molecule has 24 heavy (non-hydrogen) atoms.